The van der Waals surface area contributed by atoms with Crippen LogP contribution in [-0.2, 0) is 38.4 Å². The third-order valence-corrected chi connectivity index (χ3v) is 9.70. The molecule has 0 heterocycles. The van der Waals surface area contributed by atoms with E-state index in [-0.39, 0.29) is 42.5 Å². The van der Waals surface area contributed by atoms with Crippen LogP contribution in [0, 0.1) is 23.7 Å². The van der Waals surface area contributed by atoms with E-state index in [1.807, 2.05) is 48.5 Å². The van der Waals surface area contributed by atoms with Crippen LogP contribution in [0.25, 0.3) is 0 Å². The normalized spacial score (nSPS) is 14.6. The Morgan fingerprint density at radius 2 is 0.911 bits per heavy atom. The number of hydrogen-bond acceptors (Lipinski definition) is 8. The van der Waals surface area contributed by atoms with E-state index in [2.05, 4.69) is 21.3 Å². The molecule has 0 aliphatic rings. The minimum absolute atomic E-state index is 0.0148. The van der Waals surface area contributed by atoms with Gasteiger partial charge in [-0.05, 0) is 63.2 Å². The van der Waals surface area contributed by atoms with Crippen LogP contribution in [0.2, 0.25) is 0 Å². The Morgan fingerprint density at radius 1 is 0.500 bits per heavy atom. The zero-order valence-corrected chi connectivity index (χ0v) is 37.1. The first kappa shape index (κ1) is 51.8. The molecule has 8 amide bonds. The lowest BCUT2D eigenvalue weighted by Gasteiger charge is -2.35. The van der Waals surface area contributed by atoms with Crippen LogP contribution in [0.3, 0.4) is 0 Å². The van der Waals surface area contributed by atoms with Gasteiger partial charge in [-0.2, -0.15) is 0 Å². The highest BCUT2D eigenvalue weighted by Crippen LogP contribution is 2.18. The van der Waals surface area contributed by atoms with Crippen molar-refractivity contribution in [2.45, 2.75) is 145 Å². The van der Waals surface area contributed by atoms with Crippen molar-refractivity contribution in [3.8, 4) is 0 Å². The summed E-state index contributed by atoms with van der Waals surface area (Å²) in [5, 5.41) is 10.7. The van der Waals surface area contributed by atoms with Gasteiger partial charge in [-0.25, -0.2) is 0 Å². The zero-order chi connectivity index (χ0) is 43.8. The van der Waals surface area contributed by atoms with E-state index in [4.69, 9.17) is 0 Å². The Kier molecular flexibility index (Phi) is 22.6. The number of nitrogens with zero attached hydrogens (tertiary/aromatic N) is 4. The lowest BCUT2D eigenvalue weighted by Crippen LogP contribution is -2.60. The van der Waals surface area contributed by atoms with Crippen molar-refractivity contribution >= 4 is 47.3 Å². The van der Waals surface area contributed by atoms with Crippen LogP contribution in [0.1, 0.15) is 108 Å². The van der Waals surface area contributed by atoms with Gasteiger partial charge in [0.05, 0.1) is 6.54 Å². The molecular weight excluding hydrogens is 720 g/mol. The molecular formula is C40H74N8O8. The molecule has 0 saturated heterocycles. The van der Waals surface area contributed by atoms with Gasteiger partial charge < -0.3 is 40.9 Å². The van der Waals surface area contributed by atoms with Crippen LogP contribution in [-0.4, -0.2) is 145 Å². The van der Waals surface area contributed by atoms with E-state index in [0.29, 0.717) is 25.7 Å². The molecule has 0 aromatic carbocycles. The van der Waals surface area contributed by atoms with Crippen molar-refractivity contribution < 1.29 is 38.4 Å². The van der Waals surface area contributed by atoms with E-state index >= 15 is 0 Å². The average molecular weight is 795 g/mol. The summed E-state index contributed by atoms with van der Waals surface area (Å²) in [7, 11) is 7.53. The monoisotopic (exact) mass is 795 g/mol. The van der Waals surface area contributed by atoms with Gasteiger partial charge in [0.2, 0.25) is 47.3 Å². The quantitative estimate of drug-likeness (QED) is 0.120. The molecule has 0 unspecified atom stereocenters. The molecule has 0 aliphatic carbocycles. The molecule has 16 nitrogen and oxygen atoms in total. The summed E-state index contributed by atoms with van der Waals surface area (Å²) in [5.41, 5.74) is 0. The highest BCUT2D eigenvalue weighted by Gasteiger charge is 2.38. The fraction of sp³-hybridized carbons (Fsp3) is 0.800. The molecule has 0 spiro atoms. The summed E-state index contributed by atoms with van der Waals surface area (Å²) < 4.78 is 0. The third kappa shape index (κ3) is 16.5. The smallest absolute Gasteiger partial charge is 0.245 e. The second kappa shape index (κ2) is 24.4. The molecule has 56 heavy (non-hydrogen) atoms. The third-order valence-electron chi connectivity index (χ3n) is 9.70. The van der Waals surface area contributed by atoms with Gasteiger partial charge in [0, 0.05) is 41.7 Å². The highest BCUT2D eigenvalue weighted by atomic mass is 16.2. The standard InChI is InChI=1S/C40H74N8O8/c1-17-18-32(49)45(13)22-33(50)46(14)30(20-24(4)5)38(54)44-34(26(8)9)40(56)48(16)31(21-25(6)7)37(53)42-27(10)35(51)43-28(11)39(55)47(15)29(19-23(2)3)36(52)41-12/h23-31,34H,17-22H2,1-16H3,(H,41,52)(H,42,53)(H,43,51)(H,44,54)/t27-,28+,29+,30+,31+,34+/m1/s1. The van der Waals surface area contributed by atoms with Crippen LogP contribution < -0.4 is 21.3 Å². The maximum absolute atomic E-state index is 14.1. The maximum Gasteiger partial charge on any atom is 0.245 e. The number of hydrogen-bond donors (Lipinski definition) is 4. The topological polar surface area (TPSA) is 198 Å². The minimum Gasteiger partial charge on any atom is -0.357 e. The molecule has 6 atom stereocenters. The molecule has 4 N–H and O–H groups in total. The van der Waals surface area contributed by atoms with E-state index in [1.54, 1.807) is 20.9 Å². The largest absolute Gasteiger partial charge is 0.357 e. The zero-order valence-electron chi connectivity index (χ0n) is 37.1. The molecule has 16 heteroatoms. The van der Waals surface area contributed by atoms with Gasteiger partial charge in [0.15, 0.2) is 0 Å². The number of rotatable bonds is 23. The van der Waals surface area contributed by atoms with Gasteiger partial charge in [0.25, 0.3) is 0 Å². The average Bonchev–Trinajstić information content (AvgIpc) is 3.11. The van der Waals surface area contributed by atoms with Crippen LogP contribution in [0.15, 0.2) is 0 Å². The molecule has 0 saturated carbocycles. The van der Waals surface area contributed by atoms with Gasteiger partial charge in [-0.3, -0.25) is 38.4 Å². The number of nitrogens with one attached hydrogen (secondary N) is 4. The first-order valence-electron chi connectivity index (χ1n) is 20.0. The van der Waals surface area contributed by atoms with Gasteiger partial charge in [0.1, 0.15) is 36.3 Å². The van der Waals surface area contributed by atoms with Crippen molar-refractivity contribution in [2.75, 3.05) is 41.8 Å². The Bertz CT molecular complexity index is 1350. The molecule has 322 valence electrons. The Morgan fingerprint density at radius 3 is 1.34 bits per heavy atom. The van der Waals surface area contributed by atoms with Crippen molar-refractivity contribution in [3.05, 3.63) is 0 Å². The summed E-state index contributed by atoms with van der Waals surface area (Å²) in [6, 6.07) is -5.82. The van der Waals surface area contributed by atoms with Crippen LogP contribution >= 0.6 is 0 Å². The molecule has 0 rings (SSSR count). The summed E-state index contributed by atoms with van der Waals surface area (Å²) in [4.78, 5) is 112. The fourth-order valence-electron chi connectivity index (χ4n) is 6.18. The Labute approximate surface area is 336 Å². The Hall–Kier alpha value is -4.24. The molecule has 0 bridgehead atoms. The number of likely N-dealkylation sites (N-methyl/N-ethyl adjacent to an activating group) is 5. The number of amides is 8. The SMILES string of the molecule is CCCC(=O)N(C)CC(=O)N(C)[C@@H](CC(C)C)C(=O)N[C@H](C(=O)N(C)[C@@H](CC(C)C)C(=O)N[C@H](C)C(=O)N[C@@H](C)C(=O)N(C)[C@@H](CC(C)C)C(=O)NC)C(C)C. The summed E-state index contributed by atoms with van der Waals surface area (Å²) >= 11 is 0. The second-order valence-electron chi connectivity index (χ2n) is 16.6. The van der Waals surface area contributed by atoms with Gasteiger partial charge >= 0.3 is 0 Å². The van der Waals surface area contributed by atoms with E-state index in [1.165, 1.54) is 61.6 Å². The first-order valence-corrected chi connectivity index (χ1v) is 20.0. The predicted octanol–water partition coefficient (Wildman–Crippen LogP) is 1.76. The lowest BCUT2D eigenvalue weighted by atomic mass is 9.97. The number of carbonyl (C=O) groups excluding carboxylic acids is 8. The molecule has 0 fully saturated rings. The van der Waals surface area contributed by atoms with E-state index in [0.717, 1.165) is 0 Å². The minimum atomic E-state index is -1.09. The molecule has 0 aromatic heterocycles. The van der Waals surface area contributed by atoms with E-state index in [9.17, 15) is 38.4 Å². The van der Waals surface area contributed by atoms with Crippen LogP contribution in [0.4, 0.5) is 0 Å². The number of carbonyl (C=O) groups is 8. The lowest BCUT2D eigenvalue weighted by molar-refractivity contribution is -0.146. The molecule has 0 aromatic rings. The maximum atomic E-state index is 14.1. The summed E-state index contributed by atoms with van der Waals surface area (Å²) in [5.74, 6) is -3.97. The van der Waals surface area contributed by atoms with Gasteiger partial charge in [-0.1, -0.05) is 62.3 Å². The Balaban J connectivity index is 6.08. The second-order valence-corrected chi connectivity index (χ2v) is 16.6. The van der Waals surface area contributed by atoms with E-state index < -0.39 is 77.6 Å². The summed E-state index contributed by atoms with van der Waals surface area (Å²) in [6.07, 6.45) is 1.92. The van der Waals surface area contributed by atoms with Crippen molar-refractivity contribution in [3.63, 3.8) is 0 Å². The first-order chi connectivity index (χ1) is 25.8. The predicted molar refractivity (Wildman–Crippen MR) is 217 cm³/mol. The molecule has 0 aliphatic heterocycles. The fourth-order valence-corrected chi connectivity index (χ4v) is 6.18. The summed E-state index contributed by atoms with van der Waals surface area (Å²) in [6.45, 7) is 19.7. The van der Waals surface area contributed by atoms with Crippen molar-refractivity contribution in [1.82, 2.24) is 40.9 Å². The van der Waals surface area contributed by atoms with Crippen LogP contribution in [0.5, 0.6) is 0 Å². The highest BCUT2D eigenvalue weighted by molar-refractivity contribution is 5.97. The van der Waals surface area contributed by atoms with Crippen molar-refractivity contribution in [1.29, 1.82) is 0 Å². The van der Waals surface area contributed by atoms with Crippen molar-refractivity contribution in [2.24, 2.45) is 23.7 Å². The van der Waals surface area contributed by atoms with Gasteiger partial charge in [-0.15, -0.1) is 0 Å². The molecule has 0 radical (unpaired) electrons.